The maximum atomic E-state index is 13.1. The number of nitrogens with zero attached hydrogens (tertiary/aromatic N) is 1. The molecule has 1 heterocycles. The van der Waals surface area contributed by atoms with Crippen LogP contribution >= 0.6 is 22.9 Å². The quantitative estimate of drug-likeness (QED) is 0.808. The van der Waals surface area contributed by atoms with Gasteiger partial charge in [-0.1, -0.05) is 11.6 Å². The van der Waals surface area contributed by atoms with Crippen LogP contribution in [0.4, 0.5) is 4.39 Å². The van der Waals surface area contributed by atoms with Crippen molar-refractivity contribution in [2.24, 2.45) is 0 Å². The summed E-state index contributed by atoms with van der Waals surface area (Å²) >= 11 is 7.08. The minimum absolute atomic E-state index is 0.0532. The number of carbonyl (C=O) groups is 1. The normalized spacial score (nSPS) is 10.5. The Hall–Kier alpha value is -1.46. The molecule has 0 spiro atoms. The summed E-state index contributed by atoms with van der Waals surface area (Å²) in [5.41, 5.74) is 1.39. The van der Waals surface area contributed by atoms with Crippen LogP contribution in [0, 0.1) is 5.82 Å². The third-order valence-corrected chi connectivity index (χ3v) is 3.51. The molecule has 0 saturated carbocycles. The zero-order chi connectivity index (χ0) is 13.8. The summed E-state index contributed by atoms with van der Waals surface area (Å²) in [7, 11) is 0. The summed E-state index contributed by atoms with van der Waals surface area (Å²) < 4.78 is 17.9. The Kier molecular flexibility index (Phi) is 4.50. The van der Waals surface area contributed by atoms with Gasteiger partial charge in [0.1, 0.15) is 10.8 Å². The topological polar surface area (TPSA) is 39.2 Å². The molecule has 2 rings (SSSR count). The Balaban J connectivity index is 2.16. The second kappa shape index (κ2) is 6.12. The SMILES string of the molecule is CCOC(=O)Cc1nc(-c2ccc(F)c(Cl)c2)cs1. The van der Waals surface area contributed by atoms with Gasteiger partial charge in [-0.15, -0.1) is 11.3 Å². The van der Waals surface area contributed by atoms with Crippen molar-refractivity contribution in [2.75, 3.05) is 6.61 Å². The highest BCUT2D eigenvalue weighted by Gasteiger charge is 2.10. The van der Waals surface area contributed by atoms with Crippen LogP contribution in [0.2, 0.25) is 5.02 Å². The van der Waals surface area contributed by atoms with Crippen LogP contribution in [-0.2, 0) is 16.0 Å². The highest BCUT2D eigenvalue weighted by Crippen LogP contribution is 2.26. The van der Waals surface area contributed by atoms with E-state index in [1.165, 1.54) is 23.5 Å². The maximum absolute atomic E-state index is 13.1. The molecular weight excluding hydrogens is 289 g/mol. The molecule has 0 aliphatic carbocycles. The molecule has 2 aromatic rings. The summed E-state index contributed by atoms with van der Waals surface area (Å²) in [5.74, 6) is -0.770. The van der Waals surface area contributed by atoms with Gasteiger partial charge in [-0.05, 0) is 25.1 Å². The number of aromatic nitrogens is 1. The first-order valence-corrected chi connectivity index (χ1v) is 6.91. The van der Waals surface area contributed by atoms with E-state index in [0.29, 0.717) is 17.3 Å². The van der Waals surface area contributed by atoms with Crippen molar-refractivity contribution >= 4 is 28.9 Å². The Labute approximate surface area is 119 Å². The predicted molar refractivity (Wildman–Crippen MR) is 72.9 cm³/mol. The number of hydrogen-bond acceptors (Lipinski definition) is 4. The first kappa shape index (κ1) is 14.0. The highest BCUT2D eigenvalue weighted by atomic mass is 35.5. The van der Waals surface area contributed by atoms with Gasteiger partial charge < -0.3 is 4.74 Å². The van der Waals surface area contributed by atoms with E-state index in [4.69, 9.17) is 16.3 Å². The van der Waals surface area contributed by atoms with Crippen LogP contribution in [-0.4, -0.2) is 17.6 Å². The number of rotatable bonds is 4. The fourth-order valence-corrected chi connectivity index (χ4v) is 2.48. The van der Waals surface area contributed by atoms with Crippen molar-refractivity contribution in [3.63, 3.8) is 0 Å². The van der Waals surface area contributed by atoms with Crippen LogP contribution in [0.3, 0.4) is 0 Å². The molecule has 0 aliphatic heterocycles. The molecule has 1 aromatic carbocycles. The van der Waals surface area contributed by atoms with Gasteiger partial charge in [-0.25, -0.2) is 9.37 Å². The molecular formula is C13H11ClFNO2S. The van der Waals surface area contributed by atoms with E-state index in [0.717, 1.165) is 5.56 Å². The summed E-state index contributed by atoms with van der Waals surface area (Å²) in [6, 6.07) is 4.41. The molecule has 1 aromatic heterocycles. The van der Waals surface area contributed by atoms with E-state index in [1.807, 2.05) is 0 Å². The molecule has 0 fully saturated rings. The van der Waals surface area contributed by atoms with Gasteiger partial charge >= 0.3 is 5.97 Å². The van der Waals surface area contributed by atoms with Gasteiger partial charge in [0.2, 0.25) is 0 Å². The Morgan fingerprint density at radius 2 is 2.32 bits per heavy atom. The minimum Gasteiger partial charge on any atom is -0.466 e. The zero-order valence-corrected chi connectivity index (χ0v) is 11.7. The molecule has 0 amide bonds. The number of thiazole rings is 1. The number of halogens is 2. The smallest absolute Gasteiger partial charge is 0.312 e. The molecule has 0 radical (unpaired) electrons. The fraction of sp³-hybridized carbons (Fsp3) is 0.231. The van der Waals surface area contributed by atoms with Crippen LogP contribution < -0.4 is 0 Å². The Morgan fingerprint density at radius 1 is 1.53 bits per heavy atom. The second-order valence-electron chi connectivity index (χ2n) is 3.74. The van der Waals surface area contributed by atoms with Gasteiger partial charge in [0.25, 0.3) is 0 Å². The molecule has 0 bridgehead atoms. The summed E-state index contributed by atoms with van der Waals surface area (Å²) in [6.07, 6.45) is 0.146. The summed E-state index contributed by atoms with van der Waals surface area (Å²) in [4.78, 5) is 15.6. The molecule has 0 unspecified atom stereocenters. The number of hydrogen-bond donors (Lipinski definition) is 0. The minimum atomic E-state index is -0.465. The van der Waals surface area contributed by atoms with Crippen molar-refractivity contribution in [2.45, 2.75) is 13.3 Å². The van der Waals surface area contributed by atoms with Crippen LogP contribution in [0.15, 0.2) is 23.6 Å². The van der Waals surface area contributed by atoms with Crippen molar-refractivity contribution < 1.29 is 13.9 Å². The lowest BCUT2D eigenvalue weighted by atomic mass is 10.2. The summed E-state index contributed by atoms with van der Waals surface area (Å²) in [6.45, 7) is 2.11. The molecule has 19 heavy (non-hydrogen) atoms. The van der Waals surface area contributed by atoms with Crippen LogP contribution in [0.5, 0.6) is 0 Å². The van der Waals surface area contributed by atoms with Crippen molar-refractivity contribution in [1.29, 1.82) is 0 Å². The average Bonchev–Trinajstić information content (AvgIpc) is 2.81. The zero-order valence-electron chi connectivity index (χ0n) is 10.2. The number of ether oxygens (including phenoxy) is 1. The lowest BCUT2D eigenvalue weighted by Gasteiger charge is -1.99. The van der Waals surface area contributed by atoms with Gasteiger partial charge in [0.15, 0.2) is 0 Å². The largest absolute Gasteiger partial charge is 0.466 e. The average molecular weight is 300 g/mol. The van der Waals surface area contributed by atoms with E-state index in [9.17, 15) is 9.18 Å². The molecule has 3 nitrogen and oxygen atoms in total. The van der Waals surface area contributed by atoms with Gasteiger partial charge in [-0.2, -0.15) is 0 Å². The van der Waals surface area contributed by atoms with Gasteiger partial charge in [0.05, 0.1) is 23.7 Å². The molecule has 0 N–H and O–H groups in total. The first-order chi connectivity index (χ1) is 9.10. The standard InChI is InChI=1S/C13H11ClFNO2S/c1-2-18-13(17)6-12-16-11(7-19-12)8-3-4-10(15)9(14)5-8/h3-5,7H,2,6H2,1H3. The lowest BCUT2D eigenvalue weighted by Crippen LogP contribution is -2.07. The fourth-order valence-electron chi connectivity index (χ4n) is 1.52. The lowest BCUT2D eigenvalue weighted by molar-refractivity contribution is -0.142. The van der Waals surface area contributed by atoms with Crippen LogP contribution in [0.25, 0.3) is 11.3 Å². The van der Waals surface area contributed by atoms with E-state index in [1.54, 1.807) is 18.4 Å². The van der Waals surface area contributed by atoms with Crippen LogP contribution in [0.1, 0.15) is 11.9 Å². The van der Waals surface area contributed by atoms with Crippen molar-refractivity contribution in [3.8, 4) is 11.3 Å². The predicted octanol–water partition coefficient (Wildman–Crippen LogP) is 3.71. The van der Waals surface area contributed by atoms with Gasteiger partial charge in [0, 0.05) is 10.9 Å². The number of benzene rings is 1. The Morgan fingerprint density at radius 3 is 3.00 bits per heavy atom. The van der Waals surface area contributed by atoms with Crippen molar-refractivity contribution in [3.05, 3.63) is 39.4 Å². The molecule has 6 heteroatoms. The first-order valence-electron chi connectivity index (χ1n) is 5.65. The highest BCUT2D eigenvalue weighted by molar-refractivity contribution is 7.10. The third kappa shape index (κ3) is 3.52. The van der Waals surface area contributed by atoms with E-state index < -0.39 is 5.82 Å². The van der Waals surface area contributed by atoms with E-state index in [2.05, 4.69) is 4.98 Å². The molecule has 100 valence electrons. The molecule has 0 aliphatic rings. The van der Waals surface area contributed by atoms with E-state index in [-0.39, 0.29) is 17.4 Å². The second-order valence-corrected chi connectivity index (χ2v) is 5.09. The Bertz CT molecular complexity index is 600. The number of esters is 1. The summed E-state index contributed by atoms with van der Waals surface area (Å²) in [5, 5.41) is 2.52. The third-order valence-electron chi connectivity index (χ3n) is 2.37. The molecule has 0 saturated heterocycles. The van der Waals surface area contributed by atoms with Crippen molar-refractivity contribution in [1.82, 2.24) is 4.98 Å². The van der Waals surface area contributed by atoms with E-state index >= 15 is 0 Å². The molecule has 0 atom stereocenters. The van der Waals surface area contributed by atoms with Gasteiger partial charge in [-0.3, -0.25) is 4.79 Å². The number of carbonyl (C=O) groups excluding carboxylic acids is 1. The monoisotopic (exact) mass is 299 g/mol. The maximum Gasteiger partial charge on any atom is 0.312 e.